The molecule has 1 unspecified atom stereocenters. The number of halogens is 1. The van der Waals surface area contributed by atoms with Crippen LogP contribution in [0.25, 0.3) is 0 Å². The Balaban J connectivity index is 1.65. The molecule has 7 nitrogen and oxygen atoms in total. The highest BCUT2D eigenvalue weighted by Gasteiger charge is 2.38. The monoisotopic (exact) mass is 414 g/mol. The standard InChI is InChI=1S/C21H19ClN2O5/c1-3-12(2)24-19(26)16-9-4-13(10-17(16)20(24)27)21(28)29-11-18(25)23-15-7-5-14(22)6-8-15/h4-10,12H,3,11H2,1-2H3,(H,23,25). The normalized spacial score (nSPS) is 13.8. The molecule has 3 rings (SSSR count). The first kappa shape index (κ1) is 20.5. The Bertz CT molecular complexity index is 987. The summed E-state index contributed by atoms with van der Waals surface area (Å²) in [4.78, 5) is 50.4. The fourth-order valence-electron chi connectivity index (χ4n) is 2.91. The Kier molecular flexibility index (Phi) is 5.98. The first-order chi connectivity index (χ1) is 13.8. The smallest absolute Gasteiger partial charge is 0.338 e. The zero-order valence-corrected chi connectivity index (χ0v) is 16.7. The van der Waals surface area contributed by atoms with Gasteiger partial charge in [-0.2, -0.15) is 0 Å². The van der Waals surface area contributed by atoms with Gasteiger partial charge in [-0.15, -0.1) is 0 Å². The molecular weight excluding hydrogens is 396 g/mol. The first-order valence-electron chi connectivity index (χ1n) is 9.06. The number of carbonyl (C=O) groups excluding carboxylic acids is 4. The van der Waals surface area contributed by atoms with Crippen LogP contribution in [0.3, 0.4) is 0 Å². The Morgan fingerprint density at radius 2 is 1.72 bits per heavy atom. The molecule has 1 aliphatic heterocycles. The average molecular weight is 415 g/mol. The molecule has 1 atom stereocenters. The van der Waals surface area contributed by atoms with Crippen LogP contribution in [0.15, 0.2) is 42.5 Å². The van der Waals surface area contributed by atoms with Gasteiger partial charge in [0.1, 0.15) is 0 Å². The molecule has 0 saturated carbocycles. The summed E-state index contributed by atoms with van der Waals surface area (Å²) in [5.74, 6) is -2.09. The lowest BCUT2D eigenvalue weighted by Crippen LogP contribution is -2.37. The van der Waals surface area contributed by atoms with Gasteiger partial charge in [0.25, 0.3) is 17.7 Å². The van der Waals surface area contributed by atoms with Crippen molar-refractivity contribution < 1.29 is 23.9 Å². The number of rotatable bonds is 6. The predicted octanol–water partition coefficient (Wildman–Crippen LogP) is 3.53. The van der Waals surface area contributed by atoms with E-state index >= 15 is 0 Å². The zero-order valence-electron chi connectivity index (χ0n) is 15.9. The van der Waals surface area contributed by atoms with Gasteiger partial charge in [0, 0.05) is 16.8 Å². The summed E-state index contributed by atoms with van der Waals surface area (Å²) in [5.41, 5.74) is 1.03. The van der Waals surface area contributed by atoms with Gasteiger partial charge in [0.15, 0.2) is 6.61 Å². The number of nitrogens with one attached hydrogen (secondary N) is 1. The second-order valence-electron chi connectivity index (χ2n) is 6.63. The van der Waals surface area contributed by atoms with Gasteiger partial charge in [0.05, 0.1) is 16.7 Å². The molecule has 0 spiro atoms. The third kappa shape index (κ3) is 4.30. The number of imide groups is 1. The van der Waals surface area contributed by atoms with Gasteiger partial charge in [-0.3, -0.25) is 19.3 Å². The lowest BCUT2D eigenvalue weighted by atomic mass is 10.1. The number of esters is 1. The molecule has 8 heteroatoms. The van der Waals surface area contributed by atoms with Gasteiger partial charge in [-0.05, 0) is 55.8 Å². The second-order valence-corrected chi connectivity index (χ2v) is 7.07. The van der Waals surface area contributed by atoms with Crippen LogP contribution in [-0.4, -0.2) is 41.2 Å². The van der Waals surface area contributed by atoms with Crippen LogP contribution in [0.1, 0.15) is 51.3 Å². The number of anilines is 1. The van der Waals surface area contributed by atoms with E-state index in [0.717, 1.165) is 0 Å². The Hall–Kier alpha value is -3.19. The van der Waals surface area contributed by atoms with E-state index in [-0.39, 0.29) is 28.6 Å². The number of fused-ring (bicyclic) bond motifs is 1. The van der Waals surface area contributed by atoms with Crippen LogP contribution in [0, 0.1) is 0 Å². The number of carbonyl (C=O) groups is 4. The summed E-state index contributed by atoms with van der Waals surface area (Å²) in [7, 11) is 0. The van der Waals surface area contributed by atoms with Crippen LogP contribution in [0.2, 0.25) is 5.02 Å². The predicted molar refractivity (Wildman–Crippen MR) is 107 cm³/mol. The van der Waals surface area contributed by atoms with Crippen LogP contribution in [-0.2, 0) is 9.53 Å². The van der Waals surface area contributed by atoms with Crippen molar-refractivity contribution >= 4 is 41.0 Å². The maximum atomic E-state index is 12.6. The topological polar surface area (TPSA) is 92.8 Å². The van der Waals surface area contributed by atoms with Crippen molar-refractivity contribution in [2.75, 3.05) is 11.9 Å². The van der Waals surface area contributed by atoms with Crippen molar-refractivity contribution in [1.82, 2.24) is 4.90 Å². The number of hydrogen-bond donors (Lipinski definition) is 1. The number of amides is 3. The van der Waals surface area contributed by atoms with E-state index in [1.54, 1.807) is 31.2 Å². The minimum absolute atomic E-state index is 0.0928. The molecule has 0 radical (unpaired) electrons. The number of nitrogens with zero attached hydrogens (tertiary/aromatic N) is 1. The molecule has 1 heterocycles. The quantitative estimate of drug-likeness (QED) is 0.576. The van der Waals surface area contributed by atoms with Crippen LogP contribution >= 0.6 is 11.6 Å². The van der Waals surface area contributed by atoms with E-state index in [4.69, 9.17) is 16.3 Å². The molecule has 0 bridgehead atoms. The summed E-state index contributed by atoms with van der Waals surface area (Å²) in [6.07, 6.45) is 0.628. The van der Waals surface area contributed by atoms with E-state index in [2.05, 4.69) is 5.32 Å². The van der Waals surface area contributed by atoms with E-state index in [9.17, 15) is 19.2 Å². The molecule has 0 fully saturated rings. The molecule has 1 aliphatic rings. The highest BCUT2D eigenvalue weighted by atomic mass is 35.5. The lowest BCUT2D eigenvalue weighted by Gasteiger charge is -2.20. The Morgan fingerprint density at radius 1 is 1.07 bits per heavy atom. The van der Waals surface area contributed by atoms with Crippen molar-refractivity contribution in [1.29, 1.82) is 0 Å². The third-order valence-corrected chi connectivity index (χ3v) is 4.90. The first-order valence-corrected chi connectivity index (χ1v) is 9.44. The Labute approximate surface area is 172 Å². The molecule has 0 aromatic heterocycles. The van der Waals surface area contributed by atoms with E-state index in [0.29, 0.717) is 17.1 Å². The van der Waals surface area contributed by atoms with Crippen LogP contribution in [0.4, 0.5) is 5.69 Å². The third-order valence-electron chi connectivity index (χ3n) is 4.65. The fourth-order valence-corrected chi connectivity index (χ4v) is 3.04. The summed E-state index contributed by atoms with van der Waals surface area (Å²) >= 11 is 5.78. The number of ether oxygens (including phenoxy) is 1. The van der Waals surface area contributed by atoms with E-state index in [1.807, 2.05) is 6.92 Å². The summed E-state index contributed by atoms with van der Waals surface area (Å²) in [5, 5.41) is 3.11. The molecule has 2 aromatic carbocycles. The maximum Gasteiger partial charge on any atom is 0.338 e. The fraction of sp³-hybridized carbons (Fsp3) is 0.238. The second kappa shape index (κ2) is 8.45. The van der Waals surface area contributed by atoms with Gasteiger partial charge < -0.3 is 10.1 Å². The van der Waals surface area contributed by atoms with Crippen molar-refractivity contribution in [2.24, 2.45) is 0 Å². The molecule has 2 aromatic rings. The average Bonchev–Trinajstić information content (AvgIpc) is 2.97. The molecule has 29 heavy (non-hydrogen) atoms. The van der Waals surface area contributed by atoms with Crippen molar-refractivity contribution in [3.63, 3.8) is 0 Å². The van der Waals surface area contributed by atoms with Crippen molar-refractivity contribution in [2.45, 2.75) is 26.3 Å². The highest BCUT2D eigenvalue weighted by molar-refractivity contribution is 6.30. The molecular formula is C21H19ClN2O5. The summed E-state index contributed by atoms with van der Waals surface area (Å²) in [6.45, 7) is 3.17. The van der Waals surface area contributed by atoms with Gasteiger partial charge in [-0.1, -0.05) is 18.5 Å². The zero-order chi connectivity index (χ0) is 21.1. The molecule has 0 saturated heterocycles. The SMILES string of the molecule is CCC(C)N1C(=O)c2ccc(C(=O)OCC(=O)Nc3ccc(Cl)cc3)cc2C1=O. The lowest BCUT2D eigenvalue weighted by molar-refractivity contribution is -0.119. The van der Waals surface area contributed by atoms with Crippen molar-refractivity contribution in [3.8, 4) is 0 Å². The Morgan fingerprint density at radius 3 is 2.38 bits per heavy atom. The minimum Gasteiger partial charge on any atom is -0.452 e. The molecule has 150 valence electrons. The van der Waals surface area contributed by atoms with Gasteiger partial charge in [0.2, 0.25) is 0 Å². The largest absolute Gasteiger partial charge is 0.452 e. The minimum atomic E-state index is -0.763. The van der Waals surface area contributed by atoms with E-state index in [1.165, 1.54) is 23.1 Å². The van der Waals surface area contributed by atoms with Crippen LogP contribution < -0.4 is 5.32 Å². The molecule has 1 N–H and O–H groups in total. The van der Waals surface area contributed by atoms with E-state index < -0.39 is 24.4 Å². The number of benzene rings is 2. The summed E-state index contributed by atoms with van der Waals surface area (Å²) < 4.78 is 5.02. The molecule has 3 amide bonds. The van der Waals surface area contributed by atoms with Crippen LogP contribution in [0.5, 0.6) is 0 Å². The molecule has 0 aliphatic carbocycles. The highest BCUT2D eigenvalue weighted by Crippen LogP contribution is 2.26. The van der Waals surface area contributed by atoms with Gasteiger partial charge in [-0.25, -0.2) is 4.79 Å². The number of hydrogen-bond acceptors (Lipinski definition) is 5. The van der Waals surface area contributed by atoms with Gasteiger partial charge >= 0.3 is 5.97 Å². The maximum absolute atomic E-state index is 12.6. The van der Waals surface area contributed by atoms with Crippen molar-refractivity contribution in [3.05, 3.63) is 64.2 Å². The summed E-state index contributed by atoms with van der Waals surface area (Å²) in [6, 6.07) is 10.4.